The van der Waals surface area contributed by atoms with Crippen molar-refractivity contribution < 1.29 is 28.7 Å². The van der Waals surface area contributed by atoms with Crippen molar-refractivity contribution in [2.75, 3.05) is 13.2 Å². The lowest BCUT2D eigenvalue weighted by atomic mass is 9.86. The van der Waals surface area contributed by atoms with E-state index in [1.165, 1.54) is 0 Å². The normalized spacial score (nSPS) is 15.5. The number of nitrogens with zero attached hydrogens (tertiary/aromatic N) is 1. The Morgan fingerprint density at radius 3 is 2.36 bits per heavy atom. The first-order valence-electron chi connectivity index (χ1n) is 13.7. The summed E-state index contributed by atoms with van der Waals surface area (Å²) in [7, 11) is 0. The van der Waals surface area contributed by atoms with Crippen LogP contribution in [0.3, 0.4) is 0 Å². The zero-order valence-corrected chi connectivity index (χ0v) is 24.0. The van der Waals surface area contributed by atoms with Crippen LogP contribution in [0.4, 0.5) is 4.79 Å². The second kappa shape index (κ2) is 14.6. The van der Waals surface area contributed by atoms with Gasteiger partial charge in [0.25, 0.3) is 0 Å². The van der Waals surface area contributed by atoms with Gasteiger partial charge in [-0.05, 0) is 64.5 Å². The van der Waals surface area contributed by atoms with E-state index in [0.29, 0.717) is 17.5 Å². The Hall–Kier alpha value is -3.54. The van der Waals surface area contributed by atoms with Crippen LogP contribution < -0.4 is 10.6 Å². The van der Waals surface area contributed by atoms with Gasteiger partial charge in [-0.2, -0.15) is 0 Å². The molecule has 0 aromatic heterocycles. The third-order valence-electron chi connectivity index (χ3n) is 6.74. The zero-order valence-electron chi connectivity index (χ0n) is 24.0. The van der Waals surface area contributed by atoms with Gasteiger partial charge in [0.15, 0.2) is 0 Å². The molecular formula is C30H43N3O6. The van der Waals surface area contributed by atoms with Crippen LogP contribution in [0.5, 0.6) is 0 Å². The van der Waals surface area contributed by atoms with E-state index in [2.05, 4.69) is 16.6 Å². The van der Waals surface area contributed by atoms with E-state index in [9.17, 15) is 19.2 Å². The molecule has 1 aromatic carbocycles. The molecule has 0 bridgehead atoms. The van der Waals surface area contributed by atoms with Crippen molar-refractivity contribution >= 4 is 23.9 Å². The molecule has 9 heteroatoms. The largest absolute Gasteiger partial charge is 0.466 e. The van der Waals surface area contributed by atoms with Crippen LogP contribution in [0.2, 0.25) is 0 Å². The molecule has 1 aliphatic rings. The smallest absolute Gasteiger partial charge is 0.408 e. The molecular weight excluding hydrogens is 498 g/mol. The molecule has 2 rings (SSSR count). The molecule has 3 atom stereocenters. The average Bonchev–Trinajstić information content (AvgIpc) is 2.84. The minimum Gasteiger partial charge on any atom is -0.466 e. The molecule has 39 heavy (non-hydrogen) atoms. The summed E-state index contributed by atoms with van der Waals surface area (Å²) >= 11 is 0. The number of rotatable bonds is 12. The zero-order chi connectivity index (χ0) is 29.2. The van der Waals surface area contributed by atoms with Gasteiger partial charge in [-0.15, -0.1) is 6.42 Å². The number of carbonyl (C=O) groups is 4. The maximum atomic E-state index is 14.3. The highest BCUT2D eigenvalue weighted by atomic mass is 16.6. The number of benzene rings is 1. The number of amides is 3. The minimum atomic E-state index is -1.05. The predicted octanol–water partition coefficient (Wildman–Crippen LogP) is 4.10. The number of nitrogens with one attached hydrogen (secondary N) is 2. The topological polar surface area (TPSA) is 114 Å². The van der Waals surface area contributed by atoms with E-state index >= 15 is 0 Å². The molecule has 3 unspecified atom stereocenters. The fraction of sp³-hybridized carbons (Fsp3) is 0.600. The summed E-state index contributed by atoms with van der Waals surface area (Å²) in [5, 5.41) is 5.57. The Labute approximate surface area is 232 Å². The van der Waals surface area contributed by atoms with Gasteiger partial charge < -0.3 is 25.0 Å². The van der Waals surface area contributed by atoms with E-state index in [4.69, 9.17) is 15.9 Å². The molecule has 0 radical (unpaired) electrons. The molecule has 0 spiro atoms. The van der Waals surface area contributed by atoms with E-state index in [-0.39, 0.29) is 37.4 Å². The summed E-state index contributed by atoms with van der Waals surface area (Å²) in [4.78, 5) is 54.3. The summed E-state index contributed by atoms with van der Waals surface area (Å²) in [5.74, 6) is 1.14. The highest BCUT2D eigenvalue weighted by Gasteiger charge is 2.43. The van der Waals surface area contributed by atoms with Gasteiger partial charge in [-0.1, -0.05) is 44.4 Å². The predicted molar refractivity (Wildman–Crippen MR) is 148 cm³/mol. The van der Waals surface area contributed by atoms with Gasteiger partial charge in [-0.3, -0.25) is 14.4 Å². The first-order chi connectivity index (χ1) is 18.4. The van der Waals surface area contributed by atoms with Gasteiger partial charge in [0, 0.05) is 18.2 Å². The Morgan fingerprint density at radius 2 is 1.82 bits per heavy atom. The van der Waals surface area contributed by atoms with Crippen molar-refractivity contribution in [3.05, 3.63) is 35.4 Å². The van der Waals surface area contributed by atoms with Crippen LogP contribution in [0.25, 0.3) is 0 Å². The first-order valence-corrected chi connectivity index (χ1v) is 13.7. The van der Waals surface area contributed by atoms with Crippen LogP contribution in [0.1, 0.15) is 90.8 Å². The van der Waals surface area contributed by atoms with Crippen molar-refractivity contribution in [1.82, 2.24) is 15.5 Å². The number of ether oxygens (including phenoxy) is 2. The lowest BCUT2D eigenvalue weighted by molar-refractivity contribution is -0.149. The van der Waals surface area contributed by atoms with Gasteiger partial charge in [-0.25, -0.2) is 4.79 Å². The van der Waals surface area contributed by atoms with Gasteiger partial charge in [0.1, 0.15) is 17.7 Å². The maximum Gasteiger partial charge on any atom is 0.408 e. The molecule has 0 heterocycles. The van der Waals surface area contributed by atoms with Crippen LogP contribution in [0.15, 0.2) is 24.3 Å². The molecule has 1 fully saturated rings. The summed E-state index contributed by atoms with van der Waals surface area (Å²) in [6, 6.07) is 4.82. The third-order valence-corrected chi connectivity index (χ3v) is 6.74. The summed E-state index contributed by atoms with van der Waals surface area (Å²) < 4.78 is 10.4. The molecule has 9 nitrogen and oxygen atoms in total. The van der Waals surface area contributed by atoms with Gasteiger partial charge >= 0.3 is 12.1 Å². The van der Waals surface area contributed by atoms with Crippen LogP contribution >= 0.6 is 0 Å². The quantitative estimate of drug-likeness (QED) is 0.304. The van der Waals surface area contributed by atoms with Gasteiger partial charge in [0.2, 0.25) is 11.8 Å². The third kappa shape index (κ3) is 9.02. The standard InChI is InChI=1S/C30H43N3O6/c1-8-20(4)25(32-29(37)39-30(5,6)7)28(36)33(22-15-13-16-22)26(23-17-12-11-14-21(23)9-2)27(35)31-19-18-24(34)38-10-3/h2,11-12,14,17,20,22,25-26H,8,10,13,15-16,18-19H2,1,3-7H3,(H,31,35)(H,32,37). The van der Waals surface area contributed by atoms with E-state index < -0.39 is 35.7 Å². The fourth-order valence-corrected chi connectivity index (χ4v) is 4.36. The number of terminal acetylenes is 1. The Morgan fingerprint density at radius 1 is 1.15 bits per heavy atom. The van der Waals surface area contributed by atoms with E-state index in [0.717, 1.165) is 19.3 Å². The molecule has 0 saturated heterocycles. The SMILES string of the molecule is C#Cc1ccccc1C(C(=O)NCCC(=O)OCC)N(C(=O)C(NC(=O)OC(C)(C)C)C(C)CC)C1CCC1. The van der Waals surface area contributed by atoms with Crippen molar-refractivity contribution in [2.24, 2.45) is 5.92 Å². The van der Waals surface area contributed by atoms with E-state index in [1.807, 2.05) is 13.8 Å². The lowest BCUT2D eigenvalue weighted by Gasteiger charge is -2.44. The fourth-order valence-electron chi connectivity index (χ4n) is 4.36. The van der Waals surface area contributed by atoms with Crippen molar-refractivity contribution in [2.45, 2.75) is 97.4 Å². The number of alkyl carbamates (subject to hydrolysis) is 1. The number of hydrogen-bond donors (Lipinski definition) is 2. The second-order valence-electron chi connectivity index (χ2n) is 10.8. The lowest BCUT2D eigenvalue weighted by Crippen LogP contribution is -2.59. The van der Waals surface area contributed by atoms with E-state index in [1.54, 1.807) is 56.9 Å². The molecule has 214 valence electrons. The Kier molecular flexibility index (Phi) is 11.8. The molecule has 1 aliphatic carbocycles. The van der Waals surface area contributed by atoms with Crippen molar-refractivity contribution in [3.63, 3.8) is 0 Å². The van der Waals surface area contributed by atoms with Crippen LogP contribution in [-0.2, 0) is 23.9 Å². The molecule has 1 aromatic rings. The molecule has 1 saturated carbocycles. The Balaban J connectivity index is 2.50. The highest BCUT2D eigenvalue weighted by Crippen LogP contribution is 2.35. The van der Waals surface area contributed by atoms with Crippen molar-refractivity contribution in [3.8, 4) is 12.3 Å². The second-order valence-corrected chi connectivity index (χ2v) is 10.8. The maximum absolute atomic E-state index is 14.3. The number of carbonyl (C=O) groups excluding carboxylic acids is 4. The monoisotopic (exact) mass is 541 g/mol. The van der Waals surface area contributed by atoms with Crippen molar-refractivity contribution in [1.29, 1.82) is 0 Å². The average molecular weight is 542 g/mol. The Bertz CT molecular complexity index is 1050. The molecule has 3 amide bonds. The summed E-state index contributed by atoms with van der Waals surface area (Å²) in [6.07, 6.45) is 8.05. The molecule has 0 aliphatic heterocycles. The van der Waals surface area contributed by atoms with Crippen LogP contribution in [-0.4, -0.2) is 59.6 Å². The summed E-state index contributed by atoms with van der Waals surface area (Å²) in [6.45, 7) is 11.1. The number of hydrogen-bond acceptors (Lipinski definition) is 6. The highest BCUT2D eigenvalue weighted by molar-refractivity contribution is 5.93. The summed E-state index contributed by atoms with van der Waals surface area (Å²) in [5.41, 5.74) is 0.253. The van der Waals surface area contributed by atoms with Gasteiger partial charge in [0.05, 0.1) is 13.0 Å². The molecule has 2 N–H and O–H groups in total. The van der Waals surface area contributed by atoms with Crippen LogP contribution in [0, 0.1) is 18.3 Å². The number of esters is 1. The first kappa shape index (κ1) is 31.7. The minimum absolute atomic E-state index is 0.00382.